The summed E-state index contributed by atoms with van der Waals surface area (Å²) in [6, 6.07) is 7.69. The molecule has 1 nitrogen and oxygen atoms in total. The molecule has 1 aromatic carbocycles. The zero-order valence-electron chi connectivity index (χ0n) is 6.70. The maximum absolute atomic E-state index is 8.95. The van der Waals surface area contributed by atoms with Crippen molar-refractivity contribution < 1.29 is 5.11 Å². The van der Waals surface area contributed by atoms with Crippen molar-refractivity contribution in [3.63, 3.8) is 0 Å². The van der Waals surface area contributed by atoms with Crippen molar-refractivity contribution in [1.29, 1.82) is 0 Å². The van der Waals surface area contributed by atoms with E-state index in [9.17, 15) is 0 Å². The molecule has 1 rings (SSSR count). The van der Waals surface area contributed by atoms with Crippen molar-refractivity contribution >= 4 is 17.7 Å². The molecule has 0 saturated heterocycles. The van der Waals surface area contributed by atoms with E-state index in [0.717, 1.165) is 11.1 Å². The molecule has 64 valence electrons. The Bertz CT molecular complexity index is 268. The van der Waals surface area contributed by atoms with E-state index in [4.69, 9.17) is 16.7 Å². The average molecular weight is 183 g/mol. The molecule has 0 atom stereocenters. The number of rotatable bonds is 3. The molecule has 0 saturated carbocycles. The van der Waals surface area contributed by atoms with Gasteiger partial charge in [-0.1, -0.05) is 36.4 Å². The summed E-state index contributed by atoms with van der Waals surface area (Å²) >= 11 is 5.50. The Morgan fingerprint density at radius 3 is 2.75 bits per heavy atom. The molecule has 0 fully saturated rings. The van der Waals surface area contributed by atoms with E-state index >= 15 is 0 Å². The number of hydrogen-bond donors (Lipinski definition) is 1. The summed E-state index contributed by atoms with van der Waals surface area (Å²) < 4.78 is 0. The Labute approximate surface area is 77.3 Å². The normalized spacial score (nSPS) is 10.8. The lowest BCUT2D eigenvalue weighted by Crippen LogP contribution is -1.86. The molecule has 0 radical (unpaired) electrons. The van der Waals surface area contributed by atoms with Crippen molar-refractivity contribution in [1.82, 2.24) is 0 Å². The molecule has 0 aliphatic rings. The summed E-state index contributed by atoms with van der Waals surface area (Å²) in [6.07, 6.45) is 3.77. The van der Waals surface area contributed by atoms with Crippen molar-refractivity contribution in [3.05, 3.63) is 41.5 Å². The lowest BCUT2D eigenvalue weighted by Gasteiger charge is -2.00. The van der Waals surface area contributed by atoms with Crippen LogP contribution >= 0.6 is 11.6 Å². The molecule has 0 bridgehead atoms. The highest BCUT2D eigenvalue weighted by Crippen LogP contribution is 2.10. The third-order valence-electron chi connectivity index (χ3n) is 1.61. The van der Waals surface area contributed by atoms with Gasteiger partial charge in [-0.05, 0) is 11.1 Å². The molecule has 0 aromatic heterocycles. The Balaban J connectivity index is 2.89. The van der Waals surface area contributed by atoms with Crippen molar-refractivity contribution in [2.24, 2.45) is 0 Å². The van der Waals surface area contributed by atoms with E-state index in [1.165, 1.54) is 0 Å². The molecular weight excluding hydrogens is 172 g/mol. The topological polar surface area (TPSA) is 20.2 Å². The van der Waals surface area contributed by atoms with Crippen molar-refractivity contribution in [2.45, 2.75) is 6.61 Å². The van der Waals surface area contributed by atoms with Gasteiger partial charge in [-0.3, -0.25) is 0 Å². The first-order valence-electron chi connectivity index (χ1n) is 3.79. The second kappa shape index (κ2) is 4.96. The molecule has 0 aliphatic heterocycles. The zero-order chi connectivity index (χ0) is 8.81. The SMILES string of the molecule is OCc1ccccc1C=CCCl. The highest BCUT2D eigenvalue weighted by molar-refractivity contribution is 6.19. The summed E-state index contributed by atoms with van der Waals surface area (Å²) in [4.78, 5) is 0. The number of aliphatic hydroxyl groups is 1. The first kappa shape index (κ1) is 9.30. The third kappa shape index (κ3) is 2.36. The number of hydrogen-bond acceptors (Lipinski definition) is 1. The van der Waals surface area contributed by atoms with E-state index in [-0.39, 0.29) is 6.61 Å². The van der Waals surface area contributed by atoms with Crippen LogP contribution in [0.5, 0.6) is 0 Å². The minimum Gasteiger partial charge on any atom is -0.392 e. The van der Waals surface area contributed by atoms with Gasteiger partial charge in [0.1, 0.15) is 0 Å². The molecule has 2 heteroatoms. The molecule has 1 aromatic rings. The Hall–Kier alpha value is -0.790. The van der Waals surface area contributed by atoms with E-state index in [2.05, 4.69) is 0 Å². The molecule has 0 unspecified atom stereocenters. The summed E-state index contributed by atoms with van der Waals surface area (Å²) in [7, 11) is 0. The fourth-order valence-electron chi connectivity index (χ4n) is 1.01. The van der Waals surface area contributed by atoms with E-state index in [0.29, 0.717) is 5.88 Å². The molecule has 12 heavy (non-hydrogen) atoms. The van der Waals surface area contributed by atoms with Crippen LogP contribution < -0.4 is 0 Å². The summed E-state index contributed by atoms with van der Waals surface area (Å²) in [6.45, 7) is 0.0722. The van der Waals surface area contributed by atoms with Gasteiger partial charge < -0.3 is 5.11 Å². The van der Waals surface area contributed by atoms with Gasteiger partial charge in [0.05, 0.1) is 6.61 Å². The lowest BCUT2D eigenvalue weighted by molar-refractivity contribution is 0.281. The minimum atomic E-state index is 0.0722. The summed E-state index contributed by atoms with van der Waals surface area (Å²) in [5.74, 6) is 0.500. The first-order chi connectivity index (χ1) is 5.88. The number of benzene rings is 1. The monoisotopic (exact) mass is 182 g/mol. The zero-order valence-corrected chi connectivity index (χ0v) is 7.46. The van der Waals surface area contributed by atoms with Crippen LogP contribution in [0, 0.1) is 0 Å². The Morgan fingerprint density at radius 1 is 1.33 bits per heavy atom. The maximum atomic E-state index is 8.95. The number of alkyl halides is 1. The van der Waals surface area contributed by atoms with Crippen LogP contribution in [-0.2, 0) is 6.61 Å². The summed E-state index contributed by atoms with van der Waals surface area (Å²) in [5, 5.41) is 8.95. The van der Waals surface area contributed by atoms with E-state index in [1.54, 1.807) is 0 Å². The molecular formula is C10H11ClO. The van der Waals surface area contributed by atoms with Crippen LogP contribution in [0.3, 0.4) is 0 Å². The predicted molar refractivity (Wildman–Crippen MR) is 52.1 cm³/mol. The molecule has 0 amide bonds. The smallest absolute Gasteiger partial charge is 0.0687 e. The lowest BCUT2D eigenvalue weighted by atomic mass is 10.1. The Kier molecular flexibility index (Phi) is 3.85. The molecule has 0 heterocycles. The van der Waals surface area contributed by atoms with Crippen LogP contribution in [0.2, 0.25) is 0 Å². The average Bonchev–Trinajstić information content (AvgIpc) is 2.15. The summed E-state index contributed by atoms with van der Waals surface area (Å²) in [5.41, 5.74) is 1.96. The largest absolute Gasteiger partial charge is 0.392 e. The molecule has 0 aliphatic carbocycles. The minimum absolute atomic E-state index is 0.0722. The van der Waals surface area contributed by atoms with Crippen LogP contribution in [0.15, 0.2) is 30.3 Å². The van der Waals surface area contributed by atoms with Gasteiger partial charge in [-0.25, -0.2) is 0 Å². The number of allylic oxidation sites excluding steroid dienone is 1. The van der Waals surface area contributed by atoms with Crippen molar-refractivity contribution in [2.75, 3.05) is 5.88 Å². The van der Waals surface area contributed by atoms with Gasteiger partial charge >= 0.3 is 0 Å². The van der Waals surface area contributed by atoms with Gasteiger partial charge in [0.2, 0.25) is 0 Å². The van der Waals surface area contributed by atoms with Crippen LogP contribution in [-0.4, -0.2) is 11.0 Å². The molecule has 1 N–H and O–H groups in total. The Morgan fingerprint density at radius 2 is 2.08 bits per heavy atom. The van der Waals surface area contributed by atoms with Crippen LogP contribution in [0.4, 0.5) is 0 Å². The second-order valence-electron chi connectivity index (χ2n) is 2.41. The number of halogens is 1. The first-order valence-corrected chi connectivity index (χ1v) is 4.33. The second-order valence-corrected chi connectivity index (χ2v) is 2.72. The fraction of sp³-hybridized carbons (Fsp3) is 0.200. The van der Waals surface area contributed by atoms with Gasteiger partial charge in [0.15, 0.2) is 0 Å². The highest BCUT2D eigenvalue weighted by atomic mass is 35.5. The van der Waals surface area contributed by atoms with E-state index in [1.807, 2.05) is 36.4 Å². The van der Waals surface area contributed by atoms with E-state index < -0.39 is 0 Å². The van der Waals surface area contributed by atoms with Crippen LogP contribution in [0.1, 0.15) is 11.1 Å². The highest BCUT2D eigenvalue weighted by Gasteiger charge is 1.94. The van der Waals surface area contributed by atoms with Gasteiger partial charge in [-0.2, -0.15) is 0 Å². The van der Waals surface area contributed by atoms with Gasteiger partial charge in [0, 0.05) is 5.88 Å². The molecule has 0 spiro atoms. The van der Waals surface area contributed by atoms with Gasteiger partial charge in [0.25, 0.3) is 0 Å². The van der Waals surface area contributed by atoms with Crippen molar-refractivity contribution in [3.8, 4) is 0 Å². The quantitative estimate of drug-likeness (QED) is 0.712. The van der Waals surface area contributed by atoms with Gasteiger partial charge in [-0.15, -0.1) is 11.6 Å². The number of aliphatic hydroxyl groups excluding tert-OH is 1. The fourth-order valence-corrected chi connectivity index (χ4v) is 1.10. The van der Waals surface area contributed by atoms with Crippen LogP contribution in [0.25, 0.3) is 6.08 Å². The third-order valence-corrected chi connectivity index (χ3v) is 1.79. The predicted octanol–water partition coefficient (Wildman–Crippen LogP) is 2.43. The maximum Gasteiger partial charge on any atom is 0.0687 e. The standard InChI is InChI=1S/C10H11ClO/c11-7-3-6-9-4-1-2-5-10(9)8-12/h1-6,12H,7-8H2.